The molecule has 1 amide bonds. The molecule has 2 aliphatic rings. The summed E-state index contributed by atoms with van der Waals surface area (Å²) < 4.78 is 18.9. The van der Waals surface area contributed by atoms with E-state index in [1.54, 1.807) is 0 Å². The number of aliphatic hydroxyl groups excluding tert-OH is 1. The zero-order valence-corrected chi connectivity index (χ0v) is 27.9. The minimum Gasteiger partial charge on any atom is -0.481 e. The third-order valence-corrected chi connectivity index (χ3v) is 8.65. The fourth-order valence-electron chi connectivity index (χ4n) is 6.25. The molecule has 2 fully saturated rings. The molecule has 0 radical (unpaired) electrons. The van der Waals surface area contributed by atoms with Crippen LogP contribution in [-0.2, 0) is 41.7 Å². The van der Waals surface area contributed by atoms with E-state index in [0.717, 1.165) is 52.8 Å². The monoisotopic (exact) mass is 658 g/mol. The van der Waals surface area contributed by atoms with Crippen molar-refractivity contribution in [3.63, 3.8) is 0 Å². The van der Waals surface area contributed by atoms with Crippen LogP contribution in [0.5, 0.6) is 0 Å². The van der Waals surface area contributed by atoms with Crippen molar-refractivity contribution < 1.29 is 38.8 Å². The first-order chi connectivity index (χ1) is 23.0. The summed E-state index contributed by atoms with van der Waals surface area (Å²) in [7, 11) is 0. The molecule has 0 aromatic heterocycles. The summed E-state index contributed by atoms with van der Waals surface area (Å²) in [5.41, 5.74) is 4.93. The van der Waals surface area contributed by atoms with Crippen LogP contribution in [0.2, 0.25) is 0 Å². The second-order valence-corrected chi connectivity index (χ2v) is 13.5. The number of carbonyl (C=O) groups excluding carboxylic acids is 2. The van der Waals surface area contributed by atoms with Crippen LogP contribution in [0.4, 0.5) is 0 Å². The van der Waals surface area contributed by atoms with Gasteiger partial charge in [0.2, 0.25) is 5.91 Å². The molecule has 2 saturated heterocycles. The number of ether oxygens (including phenoxy) is 3. The summed E-state index contributed by atoms with van der Waals surface area (Å²) >= 11 is 0. The highest BCUT2D eigenvalue weighted by Crippen LogP contribution is 2.39. The minimum atomic E-state index is -1.00. The number of hydrogen-bond donors (Lipinski definition) is 3. The molecule has 4 atom stereocenters. The summed E-state index contributed by atoms with van der Waals surface area (Å²) in [5.74, 6) is -1.51. The molecule has 48 heavy (non-hydrogen) atoms. The van der Waals surface area contributed by atoms with E-state index in [4.69, 9.17) is 19.3 Å². The molecule has 5 rings (SSSR count). The number of likely N-dealkylation sites (tertiary alicyclic amines) is 1. The number of carbonyl (C=O) groups is 3. The highest BCUT2D eigenvalue weighted by molar-refractivity contribution is 5.81. The molecule has 3 aromatic carbocycles. The van der Waals surface area contributed by atoms with E-state index in [1.807, 2.05) is 93.6 Å². The van der Waals surface area contributed by atoms with Crippen LogP contribution in [0, 0.1) is 0 Å². The van der Waals surface area contributed by atoms with Gasteiger partial charge in [-0.3, -0.25) is 19.3 Å². The Morgan fingerprint density at radius 2 is 1.65 bits per heavy atom. The molecule has 3 N–H and O–H groups in total. The summed E-state index contributed by atoms with van der Waals surface area (Å²) in [5, 5.41) is 21.2. The van der Waals surface area contributed by atoms with Crippen LogP contribution >= 0.6 is 0 Å². The number of nitrogens with one attached hydrogen (secondary N) is 1. The average Bonchev–Trinajstić information content (AvgIpc) is 3.54. The maximum absolute atomic E-state index is 13.1. The summed E-state index contributed by atoms with van der Waals surface area (Å²) in [4.78, 5) is 38.2. The number of benzene rings is 3. The molecular formula is C38H46N2O8. The number of nitrogens with zero attached hydrogens (tertiary/aromatic N) is 1. The van der Waals surface area contributed by atoms with Gasteiger partial charge in [-0.1, -0.05) is 72.8 Å². The molecule has 256 valence electrons. The lowest BCUT2D eigenvalue weighted by Gasteiger charge is -2.38. The van der Waals surface area contributed by atoms with Crippen molar-refractivity contribution in [1.82, 2.24) is 10.2 Å². The standard InChI is InChI=1S/C38H46N2O8/c1-38(2,3)48-36(45)32-9-6-20-40(32)23-30-21-33(27-12-10-25(24-41)11-13-27)47-37(46-30)28-16-14-26(15-17-28)31-8-5-4-7-29(31)22-39-34(42)18-19-35(43)44/h4-5,7-8,10-17,30,32-33,37,41H,6,9,18-24H2,1-3H3,(H,39,42)(H,43,44). The molecule has 10 heteroatoms. The number of aliphatic carboxylic acids is 1. The van der Waals surface area contributed by atoms with Crippen molar-refractivity contribution in [3.05, 3.63) is 95.1 Å². The Morgan fingerprint density at radius 3 is 2.33 bits per heavy atom. The van der Waals surface area contributed by atoms with Gasteiger partial charge in [-0.15, -0.1) is 0 Å². The maximum Gasteiger partial charge on any atom is 0.323 e. The van der Waals surface area contributed by atoms with Gasteiger partial charge in [0.05, 0.1) is 25.2 Å². The first-order valence-electron chi connectivity index (χ1n) is 16.6. The van der Waals surface area contributed by atoms with Crippen molar-refractivity contribution in [3.8, 4) is 11.1 Å². The van der Waals surface area contributed by atoms with E-state index in [1.165, 1.54) is 0 Å². The van der Waals surface area contributed by atoms with E-state index in [-0.39, 0.29) is 56.1 Å². The van der Waals surface area contributed by atoms with Gasteiger partial charge < -0.3 is 29.7 Å². The lowest BCUT2D eigenvalue weighted by atomic mass is 9.97. The number of carboxylic acids is 1. The van der Waals surface area contributed by atoms with Crippen LogP contribution in [0.3, 0.4) is 0 Å². The summed E-state index contributed by atoms with van der Waals surface area (Å²) in [6, 6.07) is 23.2. The Hall–Kier alpha value is -4.09. The third kappa shape index (κ3) is 9.50. The van der Waals surface area contributed by atoms with Crippen LogP contribution in [0.15, 0.2) is 72.8 Å². The van der Waals surface area contributed by atoms with Gasteiger partial charge in [0.15, 0.2) is 6.29 Å². The van der Waals surface area contributed by atoms with Gasteiger partial charge in [-0.25, -0.2) is 0 Å². The van der Waals surface area contributed by atoms with Gasteiger partial charge in [0.25, 0.3) is 0 Å². The normalized spacial score (nSPS) is 21.5. The Morgan fingerprint density at radius 1 is 0.938 bits per heavy atom. The first kappa shape index (κ1) is 35.2. The van der Waals surface area contributed by atoms with Gasteiger partial charge >= 0.3 is 11.9 Å². The molecular weight excluding hydrogens is 612 g/mol. The van der Waals surface area contributed by atoms with Crippen molar-refractivity contribution in [1.29, 1.82) is 0 Å². The summed E-state index contributed by atoms with van der Waals surface area (Å²) in [6.45, 7) is 7.26. The van der Waals surface area contributed by atoms with E-state index in [2.05, 4.69) is 10.2 Å². The molecule has 4 unspecified atom stereocenters. The highest BCUT2D eigenvalue weighted by atomic mass is 16.7. The first-order valence-corrected chi connectivity index (χ1v) is 16.6. The Balaban J connectivity index is 1.33. The molecule has 0 aliphatic carbocycles. The van der Waals surface area contributed by atoms with Crippen molar-refractivity contribution in [2.75, 3.05) is 13.1 Å². The van der Waals surface area contributed by atoms with E-state index < -0.39 is 17.9 Å². The minimum absolute atomic E-state index is 0.0340. The zero-order chi connectivity index (χ0) is 34.3. The van der Waals surface area contributed by atoms with Crippen LogP contribution in [-0.4, -0.2) is 63.8 Å². The van der Waals surface area contributed by atoms with E-state index in [0.29, 0.717) is 13.0 Å². The average molecular weight is 659 g/mol. The number of hydrogen-bond acceptors (Lipinski definition) is 8. The van der Waals surface area contributed by atoms with Gasteiger partial charge in [0.1, 0.15) is 11.6 Å². The van der Waals surface area contributed by atoms with Gasteiger partial charge in [-0.2, -0.15) is 0 Å². The number of carboxylic acid groups (broad SMARTS) is 1. The molecule has 0 saturated carbocycles. The quantitative estimate of drug-likeness (QED) is 0.210. The van der Waals surface area contributed by atoms with Crippen molar-refractivity contribution in [2.24, 2.45) is 0 Å². The molecule has 10 nitrogen and oxygen atoms in total. The summed E-state index contributed by atoms with van der Waals surface area (Å²) in [6.07, 6.45) is 0.884. The Labute approximate surface area is 282 Å². The molecule has 3 aromatic rings. The van der Waals surface area contributed by atoms with Crippen molar-refractivity contribution in [2.45, 2.75) is 96.2 Å². The van der Waals surface area contributed by atoms with Crippen LogP contribution in [0.25, 0.3) is 11.1 Å². The second-order valence-electron chi connectivity index (χ2n) is 13.5. The van der Waals surface area contributed by atoms with E-state index in [9.17, 15) is 19.5 Å². The Bertz CT molecular complexity index is 1550. The maximum atomic E-state index is 13.1. The van der Waals surface area contributed by atoms with Gasteiger partial charge in [0, 0.05) is 31.5 Å². The van der Waals surface area contributed by atoms with Gasteiger partial charge in [-0.05, 0) is 68.0 Å². The predicted molar refractivity (Wildman–Crippen MR) is 179 cm³/mol. The van der Waals surface area contributed by atoms with E-state index >= 15 is 0 Å². The zero-order valence-electron chi connectivity index (χ0n) is 27.9. The number of esters is 1. The third-order valence-electron chi connectivity index (χ3n) is 8.65. The predicted octanol–water partition coefficient (Wildman–Crippen LogP) is 5.68. The fourth-order valence-corrected chi connectivity index (χ4v) is 6.25. The topological polar surface area (TPSA) is 135 Å². The Kier molecular flexibility index (Phi) is 11.6. The van der Waals surface area contributed by atoms with Crippen molar-refractivity contribution >= 4 is 17.8 Å². The van der Waals surface area contributed by atoms with Crippen LogP contribution in [0.1, 0.15) is 87.5 Å². The molecule has 0 bridgehead atoms. The lowest BCUT2D eigenvalue weighted by Crippen LogP contribution is -2.45. The lowest BCUT2D eigenvalue weighted by molar-refractivity contribution is -0.253. The van der Waals surface area contributed by atoms with Crippen LogP contribution < -0.4 is 5.32 Å². The smallest absolute Gasteiger partial charge is 0.323 e. The molecule has 2 heterocycles. The number of aliphatic hydroxyl groups is 1. The second kappa shape index (κ2) is 15.9. The number of rotatable bonds is 12. The SMILES string of the molecule is CC(C)(C)OC(=O)C1CCCN1CC1CC(c2ccc(CO)cc2)OC(c2ccc(-c3ccccc3CNC(=O)CCC(=O)O)cc2)O1. The number of amides is 1. The highest BCUT2D eigenvalue weighted by Gasteiger charge is 2.39. The fraction of sp³-hybridized carbons (Fsp3) is 0.447. The largest absolute Gasteiger partial charge is 0.481 e. The molecule has 2 aliphatic heterocycles. The molecule has 0 spiro atoms.